The van der Waals surface area contributed by atoms with E-state index in [2.05, 4.69) is 38.2 Å². The van der Waals surface area contributed by atoms with Crippen molar-refractivity contribution in [2.75, 3.05) is 19.8 Å². The van der Waals surface area contributed by atoms with Crippen LogP contribution in [-0.4, -0.2) is 37.0 Å². The number of aliphatic hydroxyl groups excluding tert-OH is 1. The Hall–Kier alpha value is -1.13. The standard InChI is InChI=1S/C35H66O4/c1-3-5-7-9-11-12-13-14-15-16-17-18-19-20-21-22-23-25-27-29-31-38-33-34(32-36)39-35(37)30-28-26-24-10-8-6-4-2/h11-12,14-15,34,36H,3-10,13,16-33H2,1-2H3/b12-11-,15-14-. The van der Waals surface area contributed by atoms with Crippen LogP contribution in [0.1, 0.15) is 168 Å². The maximum absolute atomic E-state index is 12.0. The number of aliphatic hydroxyl groups is 1. The van der Waals surface area contributed by atoms with Gasteiger partial charge in [-0.2, -0.15) is 0 Å². The number of esters is 1. The fraction of sp³-hybridized carbons (Fsp3) is 0.857. The Labute approximate surface area is 243 Å². The van der Waals surface area contributed by atoms with Crippen LogP contribution in [0.4, 0.5) is 0 Å². The first-order valence-corrected chi connectivity index (χ1v) is 16.9. The molecule has 1 N–H and O–H groups in total. The Kier molecular flexibility index (Phi) is 32.1. The third kappa shape index (κ3) is 31.3. The summed E-state index contributed by atoms with van der Waals surface area (Å²) in [4.78, 5) is 12.0. The zero-order chi connectivity index (χ0) is 28.5. The summed E-state index contributed by atoms with van der Waals surface area (Å²) in [5.41, 5.74) is 0. The summed E-state index contributed by atoms with van der Waals surface area (Å²) in [6.07, 6.45) is 37.9. The summed E-state index contributed by atoms with van der Waals surface area (Å²) >= 11 is 0. The Morgan fingerprint density at radius 2 is 1.08 bits per heavy atom. The highest BCUT2D eigenvalue weighted by molar-refractivity contribution is 5.69. The molecule has 0 saturated heterocycles. The van der Waals surface area contributed by atoms with Gasteiger partial charge in [0.05, 0.1) is 13.2 Å². The van der Waals surface area contributed by atoms with Gasteiger partial charge in [0, 0.05) is 13.0 Å². The van der Waals surface area contributed by atoms with E-state index in [-0.39, 0.29) is 12.6 Å². The van der Waals surface area contributed by atoms with Gasteiger partial charge >= 0.3 is 5.97 Å². The quantitative estimate of drug-likeness (QED) is 0.0530. The van der Waals surface area contributed by atoms with Crippen molar-refractivity contribution in [1.29, 1.82) is 0 Å². The van der Waals surface area contributed by atoms with Crippen molar-refractivity contribution in [2.24, 2.45) is 0 Å². The van der Waals surface area contributed by atoms with E-state index < -0.39 is 6.10 Å². The molecule has 0 radical (unpaired) electrons. The van der Waals surface area contributed by atoms with E-state index in [0.29, 0.717) is 19.6 Å². The second-order valence-corrected chi connectivity index (χ2v) is 11.2. The summed E-state index contributed by atoms with van der Waals surface area (Å²) in [5, 5.41) is 9.48. The van der Waals surface area contributed by atoms with Crippen molar-refractivity contribution < 1.29 is 19.4 Å². The van der Waals surface area contributed by atoms with E-state index in [0.717, 1.165) is 25.7 Å². The molecule has 0 aromatic rings. The van der Waals surface area contributed by atoms with Crippen LogP contribution >= 0.6 is 0 Å². The summed E-state index contributed by atoms with van der Waals surface area (Å²) in [5.74, 6) is -0.209. The molecule has 0 aromatic heterocycles. The van der Waals surface area contributed by atoms with Crippen LogP contribution in [0, 0.1) is 0 Å². The molecule has 4 nitrogen and oxygen atoms in total. The molecule has 0 amide bonds. The van der Waals surface area contributed by atoms with E-state index in [1.807, 2.05) is 0 Å². The lowest BCUT2D eigenvalue weighted by Crippen LogP contribution is -2.27. The van der Waals surface area contributed by atoms with Gasteiger partial charge in [0.25, 0.3) is 0 Å². The monoisotopic (exact) mass is 550 g/mol. The molecule has 0 rings (SSSR count). The zero-order valence-corrected chi connectivity index (χ0v) is 26.2. The molecule has 0 fully saturated rings. The molecule has 1 unspecified atom stereocenters. The lowest BCUT2D eigenvalue weighted by molar-refractivity contribution is -0.154. The van der Waals surface area contributed by atoms with Crippen LogP contribution in [0.25, 0.3) is 0 Å². The molecule has 0 aliphatic heterocycles. The lowest BCUT2D eigenvalue weighted by atomic mass is 10.1. The predicted molar refractivity (Wildman–Crippen MR) is 168 cm³/mol. The van der Waals surface area contributed by atoms with Gasteiger partial charge in [-0.1, -0.05) is 141 Å². The minimum absolute atomic E-state index is 0.170. The van der Waals surface area contributed by atoms with Gasteiger partial charge in [-0.3, -0.25) is 4.79 Å². The van der Waals surface area contributed by atoms with Crippen LogP contribution in [0.3, 0.4) is 0 Å². The molecule has 0 aliphatic carbocycles. The van der Waals surface area contributed by atoms with E-state index in [9.17, 15) is 9.90 Å². The fourth-order valence-corrected chi connectivity index (χ4v) is 4.71. The Balaban J connectivity index is 3.39. The number of ether oxygens (including phenoxy) is 2. The van der Waals surface area contributed by atoms with Gasteiger partial charge in [0.1, 0.15) is 6.10 Å². The van der Waals surface area contributed by atoms with Gasteiger partial charge in [0.15, 0.2) is 0 Å². The summed E-state index contributed by atoms with van der Waals surface area (Å²) in [7, 11) is 0. The van der Waals surface area contributed by atoms with Crippen LogP contribution in [0.2, 0.25) is 0 Å². The number of carbonyl (C=O) groups excluding carboxylic acids is 1. The molecule has 0 aromatic carbocycles. The molecule has 0 bridgehead atoms. The van der Waals surface area contributed by atoms with Gasteiger partial charge in [-0.05, 0) is 44.9 Å². The van der Waals surface area contributed by atoms with Gasteiger partial charge < -0.3 is 14.6 Å². The first kappa shape index (κ1) is 37.9. The molecule has 1 atom stereocenters. The Morgan fingerprint density at radius 1 is 0.615 bits per heavy atom. The topological polar surface area (TPSA) is 55.8 Å². The fourth-order valence-electron chi connectivity index (χ4n) is 4.71. The molecule has 4 heteroatoms. The number of hydrogen-bond donors (Lipinski definition) is 1. The third-order valence-electron chi connectivity index (χ3n) is 7.28. The van der Waals surface area contributed by atoms with Crippen molar-refractivity contribution in [3.05, 3.63) is 24.3 Å². The summed E-state index contributed by atoms with van der Waals surface area (Å²) in [6, 6.07) is 0. The van der Waals surface area contributed by atoms with E-state index in [1.54, 1.807) is 0 Å². The molecule has 0 spiro atoms. The smallest absolute Gasteiger partial charge is 0.306 e. The lowest BCUT2D eigenvalue weighted by Gasteiger charge is -2.15. The van der Waals surface area contributed by atoms with Crippen molar-refractivity contribution in [3.8, 4) is 0 Å². The zero-order valence-electron chi connectivity index (χ0n) is 26.2. The highest BCUT2D eigenvalue weighted by Gasteiger charge is 2.13. The van der Waals surface area contributed by atoms with Crippen LogP contribution in [0.15, 0.2) is 24.3 Å². The highest BCUT2D eigenvalue weighted by Crippen LogP contribution is 2.12. The number of carbonyl (C=O) groups is 1. The summed E-state index contributed by atoms with van der Waals surface area (Å²) < 4.78 is 11.0. The normalized spacial score (nSPS) is 12.6. The molecular formula is C35H66O4. The highest BCUT2D eigenvalue weighted by atomic mass is 16.6. The second-order valence-electron chi connectivity index (χ2n) is 11.2. The van der Waals surface area contributed by atoms with E-state index in [1.165, 1.54) is 122 Å². The maximum atomic E-state index is 12.0. The molecule has 0 aliphatic rings. The molecule has 0 saturated carbocycles. The van der Waals surface area contributed by atoms with Crippen molar-refractivity contribution in [1.82, 2.24) is 0 Å². The number of allylic oxidation sites excluding steroid dienone is 4. The van der Waals surface area contributed by atoms with Crippen LogP contribution in [0.5, 0.6) is 0 Å². The first-order valence-electron chi connectivity index (χ1n) is 16.9. The first-order chi connectivity index (χ1) is 19.2. The maximum Gasteiger partial charge on any atom is 0.306 e. The third-order valence-corrected chi connectivity index (χ3v) is 7.28. The number of hydrogen-bond acceptors (Lipinski definition) is 4. The molecule has 230 valence electrons. The van der Waals surface area contributed by atoms with Gasteiger partial charge in [-0.15, -0.1) is 0 Å². The van der Waals surface area contributed by atoms with Crippen LogP contribution < -0.4 is 0 Å². The van der Waals surface area contributed by atoms with Crippen molar-refractivity contribution >= 4 is 5.97 Å². The van der Waals surface area contributed by atoms with Crippen molar-refractivity contribution in [2.45, 2.75) is 174 Å². The SMILES string of the molecule is CCCCC/C=C\C/C=C\CCCCCCCCCCCCOCC(CO)OC(=O)CCCCCCCCC. The minimum Gasteiger partial charge on any atom is -0.457 e. The predicted octanol–water partition coefficient (Wildman–Crippen LogP) is 10.4. The van der Waals surface area contributed by atoms with Crippen molar-refractivity contribution in [3.63, 3.8) is 0 Å². The second kappa shape index (κ2) is 33.1. The largest absolute Gasteiger partial charge is 0.457 e. The molecular weight excluding hydrogens is 484 g/mol. The Morgan fingerprint density at radius 3 is 1.64 bits per heavy atom. The van der Waals surface area contributed by atoms with E-state index >= 15 is 0 Å². The van der Waals surface area contributed by atoms with Crippen LogP contribution in [-0.2, 0) is 14.3 Å². The number of rotatable bonds is 31. The van der Waals surface area contributed by atoms with Gasteiger partial charge in [-0.25, -0.2) is 0 Å². The average Bonchev–Trinajstić information content (AvgIpc) is 2.94. The molecule has 0 heterocycles. The van der Waals surface area contributed by atoms with E-state index in [4.69, 9.17) is 9.47 Å². The molecule has 39 heavy (non-hydrogen) atoms. The number of unbranched alkanes of at least 4 members (excludes halogenated alkanes) is 19. The summed E-state index contributed by atoms with van der Waals surface area (Å²) in [6.45, 7) is 5.28. The Bertz CT molecular complexity index is 543. The minimum atomic E-state index is -0.527. The average molecular weight is 551 g/mol. The van der Waals surface area contributed by atoms with Gasteiger partial charge in [0.2, 0.25) is 0 Å².